The molecule has 1 aromatic rings. The van der Waals surface area contributed by atoms with E-state index in [0.29, 0.717) is 24.2 Å². The Labute approximate surface area is 135 Å². The zero-order valence-corrected chi connectivity index (χ0v) is 13.2. The number of carbonyl (C=O) groups excluding carboxylic acids is 1. The maximum atomic E-state index is 13.1. The second kappa shape index (κ2) is 7.36. The summed E-state index contributed by atoms with van der Waals surface area (Å²) in [7, 11) is 0. The molecule has 0 bridgehead atoms. The fourth-order valence-electron chi connectivity index (χ4n) is 3.60. The van der Waals surface area contributed by atoms with E-state index in [1.54, 1.807) is 0 Å². The van der Waals surface area contributed by atoms with Crippen LogP contribution in [0.5, 0.6) is 0 Å². The van der Waals surface area contributed by atoms with Gasteiger partial charge in [0.05, 0.1) is 6.54 Å². The van der Waals surface area contributed by atoms with Gasteiger partial charge in [-0.3, -0.25) is 9.69 Å². The minimum atomic E-state index is -0.951. The second-order valence-electron chi connectivity index (χ2n) is 6.49. The number of nitrogens with zero attached hydrogens (tertiary/aromatic N) is 1. The molecule has 1 unspecified atom stereocenters. The predicted molar refractivity (Wildman–Crippen MR) is 85.2 cm³/mol. The van der Waals surface area contributed by atoms with Gasteiger partial charge in [0.1, 0.15) is 0 Å². The number of anilines is 1. The summed E-state index contributed by atoms with van der Waals surface area (Å²) in [5.74, 6) is -1.34. The molecular formula is C17H23F2N3O. The lowest BCUT2D eigenvalue weighted by Crippen LogP contribution is -2.43. The van der Waals surface area contributed by atoms with Gasteiger partial charge in [-0.15, -0.1) is 0 Å². The van der Waals surface area contributed by atoms with Crippen molar-refractivity contribution in [1.29, 1.82) is 0 Å². The molecule has 1 aromatic carbocycles. The van der Waals surface area contributed by atoms with Crippen LogP contribution in [0.1, 0.15) is 25.7 Å². The topological polar surface area (TPSA) is 44.4 Å². The van der Waals surface area contributed by atoms with Gasteiger partial charge in [0, 0.05) is 17.8 Å². The van der Waals surface area contributed by atoms with Crippen molar-refractivity contribution in [3.05, 3.63) is 29.8 Å². The van der Waals surface area contributed by atoms with Crippen LogP contribution in [0.25, 0.3) is 0 Å². The summed E-state index contributed by atoms with van der Waals surface area (Å²) >= 11 is 0. The van der Waals surface area contributed by atoms with E-state index in [2.05, 4.69) is 15.5 Å². The molecule has 3 rings (SSSR count). The minimum Gasteiger partial charge on any atom is -0.325 e. The van der Waals surface area contributed by atoms with Crippen molar-refractivity contribution in [1.82, 2.24) is 10.2 Å². The molecule has 6 heteroatoms. The maximum Gasteiger partial charge on any atom is 0.238 e. The summed E-state index contributed by atoms with van der Waals surface area (Å²) in [6, 6.07) is 4.04. The molecule has 2 N–H and O–H groups in total. The Morgan fingerprint density at radius 2 is 2.00 bits per heavy atom. The van der Waals surface area contributed by atoms with Crippen LogP contribution in [0.2, 0.25) is 0 Å². The lowest BCUT2D eigenvalue weighted by atomic mass is 9.88. The summed E-state index contributed by atoms with van der Waals surface area (Å²) in [4.78, 5) is 14.2. The molecule has 0 radical (unpaired) electrons. The van der Waals surface area contributed by atoms with E-state index in [4.69, 9.17) is 0 Å². The van der Waals surface area contributed by atoms with Crippen molar-refractivity contribution in [2.24, 2.45) is 5.92 Å². The number of rotatable bonds is 4. The number of likely N-dealkylation sites (tertiary alicyclic amines) is 1. The molecule has 4 nitrogen and oxygen atoms in total. The van der Waals surface area contributed by atoms with E-state index in [1.807, 2.05) is 0 Å². The average molecular weight is 323 g/mol. The van der Waals surface area contributed by atoms with Crippen molar-refractivity contribution in [2.75, 3.05) is 31.5 Å². The third-order valence-corrected chi connectivity index (χ3v) is 4.87. The van der Waals surface area contributed by atoms with Crippen LogP contribution < -0.4 is 10.6 Å². The summed E-state index contributed by atoms with van der Waals surface area (Å²) in [6.45, 7) is 3.24. The van der Waals surface area contributed by atoms with Gasteiger partial charge in [-0.2, -0.15) is 0 Å². The molecule has 0 aromatic heterocycles. The first-order chi connectivity index (χ1) is 11.1. The number of piperidine rings is 1. The summed E-state index contributed by atoms with van der Waals surface area (Å²) in [6.07, 6.45) is 4.75. The third-order valence-electron chi connectivity index (χ3n) is 4.87. The van der Waals surface area contributed by atoms with Gasteiger partial charge in [-0.1, -0.05) is 0 Å². The number of hydrogen-bond donors (Lipinski definition) is 2. The first kappa shape index (κ1) is 16.3. The quantitative estimate of drug-likeness (QED) is 0.894. The van der Waals surface area contributed by atoms with Gasteiger partial charge in [0.15, 0.2) is 11.6 Å². The molecule has 2 heterocycles. The van der Waals surface area contributed by atoms with Crippen LogP contribution in [0.4, 0.5) is 14.5 Å². The molecule has 126 valence electrons. The molecule has 2 aliphatic heterocycles. The molecule has 0 saturated carbocycles. The zero-order valence-electron chi connectivity index (χ0n) is 13.2. The van der Waals surface area contributed by atoms with Crippen LogP contribution in [0.3, 0.4) is 0 Å². The van der Waals surface area contributed by atoms with Gasteiger partial charge in [-0.05, 0) is 63.4 Å². The lowest BCUT2D eigenvalue weighted by molar-refractivity contribution is -0.117. The highest BCUT2D eigenvalue weighted by Gasteiger charge is 2.28. The Hall–Kier alpha value is -1.53. The summed E-state index contributed by atoms with van der Waals surface area (Å²) < 4.78 is 26.0. The van der Waals surface area contributed by atoms with E-state index in [1.165, 1.54) is 18.9 Å². The average Bonchev–Trinajstić information content (AvgIpc) is 3.06. The minimum absolute atomic E-state index is 0.187. The van der Waals surface area contributed by atoms with Gasteiger partial charge in [-0.25, -0.2) is 8.78 Å². The smallest absolute Gasteiger partial charge is 0.238 e. The summed E-state index contributed by atoms with van der Waals surface area (Å²) in [5.41, 5.74) is 0.291. The largest absolute Gasteiger partial charge is 0.325 e. The van der Waals surface area contributed by atoms with Gasteiger partial charge in [0.2, 0.25) is 5.91 Å². The fraction of sp³-hybridized carbons (Fsp3) is 0.588. The Kier molecular flexibility index (Phi) is 5.23. The SMILES string of the molecule is O=C(CN1CCC(C2CCCN2)CC1)Nc1ccc(F)c(F)c1. The van der Waals surface area contributed by atoms with Crippen LogP contribution in [-0.2, 0) is 4.79 Å². The number of hydrogen-bond acceptors (Lipinski definition) is 3. The van der Waals surface area contributed by atoms with Crippen molar-refractivity contribution in [2.45, 2.75) is 31.7 Å². The number of nitrogens with one attached hydrogen (secondary N) is 2. The lowest BCUT2D eigenvalue weighted by Gasteiger charge is -2.34. The van der Waals surface area contributed by atoms with E-state index in [9.17, 15) is 13.6 Å². The van der Waals surface area contributed by atoms with Crippen molar-refractivity contribution in [3.8, 4) is 0 Å². The second-order valence-corrected chi connectivity index (χ2v) is 6.49. The van der Waals surface area contributed by atoms with Crippen molar-refractivity contribution >= 4 is 11.6 Å². The summed E-state index contributed by atoms with van der Waals surface area (Å²) in [5, 5.41) is 6.18. The normalized spacial score (nSPS) is 23.1. The Balaban J connectivity index is 1.44. The van der Waals surface area contributed by atoms with Gasteiger partial charge < -0.3 is 10.6 Å². The van der Waals surface area contributed by atoms with Crippen LogP contribution in [-0.4, -0.2) is 43.0 Å². The molecular weight excluding hydrogens is 300 g/mol. The Bertz CT molecular complexity index is 553. The number of halogens is 2. The molecule has 1 atom stereocenters. The van der Waals surface area contributed by atoms with E-state index < -0.39 is 11.6 Å². The van der Waals surface area contributed by atoms with Crippen molar-refractivity contribution < 1.29 is 13.6 Å². The van der Waals surface area contributed by atoms with E-state index in [-0.39, 0.29) is 5.91 Å². The molecule has 2 saturated heterocycles. The number of benzene rings is 1. The highest BCUT2D eigenvalue weighted by Crippen LogP contribution is 2.25. The molecule has 1 amide bonds. The highest BCUT2D eigenvalue weighted by molar-refractivity contribution is 5.92. The maximum absolute atomic E-state index is 13.1. The van der Waals surface area contributed by atoms with E-state index in [0.717, 1.165) is 44.6 Å². The van der Waals surface area contributed by atoms with Crippen molar-refractivity contribution in [3.63, 3.8) is 0 Å². The standard InChI is InChI=1S/C17H23F2N3O/c18-14-4-3-13(10-15(14)19)21-17(23)11-22-8-5-12(6-9-22)16-2-1-7-20-16/h3-4,10,12,16,20H,1-2,5-9,11H2,(H,21,23). The van der Waals surface area contributed by atoms with Crippen LogP contribution >= 0.6 is 0 Å². The number of amides is 1. The third kappa shape index (κ3) is 4.26. The fourth-order valence-corrected chi connectivity index (χ4v) is 3.60. The molecule has 0 spiro atoms. The van der Waals surface area contributed by atoms with Crippen LogP contribution in [0, 0.1) is 17.6 Å². The van der Waals surface area contributed by atoms with E-state index >= 15 is 0 Å². The molecule has 2 aliphatic rings. The zero-order chi connectivity index (χ0) is 16.2. The Morgan fingerprint density at radius 3 is 2.65 bits per heavy atom. The first-order valence-electron chi connectivity index (χ1n) is 8.32. The Morgan fingerprint density at radius 1 is 1.22 bits per heavy atom. The highest BCUT2D eigenvalue weighted by atomic mass is 19.2. The molecule has 0 aliphatic carbocycles. The number of carbonyl (C=O) groups is 1. The predicted octanol–water partition coefficient (Wildman–Crippen LogP) is 2.37. The first-order valence-corrected chi connectivity index (χ1v) is 8.32. The molecule has 23 heavy (non-hydrogen) atoms. The monoisotopic (exact) mass is 323 g/mol. The van der Waals surface area contributed by atoms with Crippen LogP contribution in [0.15, 0.2) is 18.2 Å². The molecule has 2 fully saturated rings. The van der Waals surface area contributed by atoms with Gasteiger partial charge in [0.25, 0.3) is 0 Å². The van der Waals surface area contributed by atoms with Gasteiger partial charge >= 0.3 is 0 Å².